The monoisotopic (exact) mass is 297 g/mol. The first-order valence-corrected chi connectivity index (χ1v) is 7.65. The van der Waals surface area contributed by atoms with Crippen molar-refractivity contribution in [3.63, 3.8) is 0 Å². The number of ether oxygens (including phenoxy) is 1. The van der Waals surface area contributed by atoms with Gasteiger partial charge in [0.05, 0.1) is 6.61 Å². The normalized spacial score (nSPS) is 10.5. The van der Waals surface area contributed by atoms with Gasteiger partial charge in [0.2, 0.25) is 0 Å². The molecule has 0 aliphatic rings. The van der Waals surface area contributed by atoms with Crippen LogP contribution in [0.2, 0.25) is 0 Å². The van der Waals surface area contributed by atoms with Gasteiger partial charge >= 0.3 is 0 Å². The topological polar surface area (TPSA) is 29.5 Å². The van der Waals surface area contributed by atoms with E-state index in [4.69, 9.17) is 4.74 Å². The number of carbonyl (C=O) groups excluding carboxylic acids is 1. The second-order valence-corrected chi connectivity index (χ2v) is 5.25. The van der Waals surface area contributed by atoms with Crippen LogP contribution in [-0.4, -0.2) is 31.0 Å². The highest BCUT2D eigenvalue weighted by atomic mass is 16.5. The standard InChI is InChI=1S/C19H23NO2/c1-3-20(14-13-16-7-5-4-6-8-16)19(21)18-11-9-17(10-12-18)15-22-2/h4-12H,3,13-15H2,1-2H3. The van der Waals surface area contributed by atoms with Crippen LogP contribution in [-0.2, 0) is 17.8 Å². The lowest BCUT2D eigenvalue weighted by molar-refractivity contribution is 0.0766. The van der Waals surface area contributed by atoms with Gasteiger partial charge in [0.1, 0.15) is 0 Å². The van der Waals surface area contributed by atoms with Crippen molar-refractivity contribution in [1.29, 1.82) is 0 Å². The minimum absolute atomic E-state index is 0.0856. The summed E-state index contributed by atoms with van der Waals surface area (Å²) in [5.74, 6) is 0.0856. The molecule has 2 rings (SSSR count). The van der Waals surface area contributed by atoms with Gasteiger partial charge in [0.25, 0.3) is 5.91 Å². The molecule has 0 aliphatic heterocycles. The molecule has 3 heteroatoms. The predicted octanol–water partition coefficient (Wildman–Crippen LogP) is 3.54. The fraction of sp³-hybridized carbons (Fsp3) is 0.316. The molecule has 0 heterocycles. The number of benzene rings is 2. The number of hydrogen-bond donors (Lipinski definition) is 0. The first-order chi connectivity index (χ1) is 10.7. The predicted molar refractivity (Wildman–Crippen MR) is 88.9 cm³/mol. The molecular weight excluding hydrogens is 274 g/mol. The minimum Gasteiger partial charge on any atom is -0.380 e. The van der Waals surface area contributed by atoms with Crippen LogP contribution >= 0.6 is 0 Å². The summed E-state index contributed by atoms with van der Waals surface area (Å²) in [5, 5.41) is 0. The fourth-order valence-corrected chi connectivity index (χ4v) is 2.40. The Morgan fingerprint density at radius 2 is 1.68 bits per heavy atom. The molecule has 0 atom stereocenters. The van der Waals surface area contributed by atoms with Crippen molar-refractivity contribution >= 4 is 5.91 Å². The molecule has 0 aromatic heterocycles. The Bertz CT molecular complexity index is 578. The number of methoxy groups -OCH3 is 1. The molecule has 2 aromatic rings. The smallest absolute Gasteiger partial charge is 0.253 e. The molecule has 0 saturated heterocycles. The second-order valence-electron chi connectivity index (χ2n) is 5.25. The Labute approximate surface area is 132 Å². The number of rotatable bonds is 7. The molecule has 0 radical (unpaired) electrons. The van der Waals surface area contributed by atoms with E-state index in [-0.39, 0.29) is 5.91 Å². The maximum absolute atomic E-state index is 12.6. The first-order valence-electron chi connectivity index (χ1n) is 7.65. The van der Waals surface area contributed by atoms with E-state index in [1.165, 1.54) is 5.56 Å². The molecular formula is C19H23NO2. The van der Waals surface area contributed by atoms with Crippen LogP contribution in [0.5, 0.6) is 0 Å². The molecule has 0 fully saturated rings. The zero-order chi connectivity index (χ0) is 15.8. The van der Waals surface area contributed by atoms with Crippen LogP contribution in [0.4, 0.5) is 0 Å². The van der Waals surface area contributed by atoms with Gasteiger partial charge in [-0.1, -0.05) is 42.5 Å². The lowest BCUT2D eigenvalue weighted by Crippen LogP contribution is -2.32. The maximum atomic E-state index is 12.6. The molecule has 1 amide bonds. The van der Waals surface area contributed by atoms with E-state index >= 15 is 0 Å². The fourth-order valence-electron chi connectivity index (χ4n) is 2.40. The van der Waals surface area contributed by atoms with Crippen LogP contribution in [0.3, 0.4) is 0 Å². The molecule has 0 spiro atoms. The van der Waals surface area contributed by atoms with E-state index in [0.717, 1.165) is 24.1 Å². The summed E-state index contributed by atoms with van der Waals surface area (Å²) in [5.41, 5.74) is 3.06. The van der Waals surface area contributed by atoms with Crippen molar-refractivity contribution < 1.29 is 9.53 Å². The maximum Gasteiger partial charge on any atom is 0.253 e. The summed E-state index contributed by atoms with van der Waals surface area (Å²) >= 11 is 0. The van der Waals surface area contributed by atoms with Gasteiger partial charge in [0, 0.05) is 25.8 Å². The Kier molecular flexibility index (Phi) is 6.16. The van der Waals surface area contributed by atoms with E-state index in [0.29, 0.717) is 13.2 Å². The van der Waals surface area contributed by atoms with Crippen molar-refractivity contribution in [3.05, 3.63) is 71.3 Å². The van der Waals surface area contributed by atoms with Crippen molar-refractivity contribution in [1.82, 2.24) is 4.90 Å². The van der Waals surface area contributed by atoms with Crippen molar-refractivity contribution in [2.45, 2.75) is 20.0 Å². The molecule has 22 heavy (non-hydrogen) atoms. The average Bonchev–Trinajstić information content (AvgIpc) is 2.57. The van der Waals surface area contributed by atoms with Crippen molar-refractivity contribution in [2.24, 2.45) is 0 Å². The highest BCUT2D eigenvalue weighted by Gasteiger charge is 2.13. The number of likely N-dealkylation sites (N-methyl/N-ethyl adjacent to an activating group) is 1. The van der Waals surface area contributed by atoms with Gasteiger partial charge in [-0.2, -0.15) is 0 Å². The quantitative estimate of drug-likeness (QED) is 0.782. The zero-order valence-corrected chi connectivity index (χ0v) is 13.3. The molecule has 116 valence electrons. The number of carbonyl (C=O) groups is 1. The number of nitrogens with zero attached hydrogens (tertiary/aromatic N) is 1. The van der Waals surface area contributed by atoms with Crippen LogP contribution < -0.4 is 0 Å². The molecule has 0 unspecified atom stereocenters. The highest BCUT2D eigenvalue weighted by molar-refractivity contribution is 5.94. The van der Waals surface area contributed by atoms with E-state index in [9.17, 15) is 4.79 Å². The minimum atomic E-state index is 0.0856. The molecule has 0 aliphatic carbocycles. The summed E-state index contributed by atoms with van der Waals surface area (Å²) in [6.45, 7) is 4.03. The van der Waals surface area contributed by atoms with Crippen LogP contribution in [0.25, 0.3) is 0 Å². The highest BCUT2D eigenvalue weighted by Crippen LogP contribution is 2.10. The summed E-state index contributed by atoms with van der Waals surface area (Å²) in [7, 11) is 1.67. The summed E-state index contributed by atoms with van der Waals surface area (Å²) < 4.78 is 5.09. The molecule has 0 bridgehead atoms. The second kappa shape index (κ2) is 8.35. The van der Waals surface area contributed by atoms with Gasteiger partial charge in [-0.15, -0.1) is 0 Å². The van der Waals surface area contributed by atoms with Gasteiger partial charge in [-0.3, -0.25) is 4.79 Å². The molecule has 0 saturated carbocycles. The lowest BCUT2D eigenvalue weighted by Gasteiger charge is -2.21. The van der Waals surface area contributed by atoms with Gasteiger partial charge in [-0.25, -0.2) is 0 Å². The van der Waals surface area contributed by atoms with Gasteiger partial charge < -0.3 is 9.64 Å². The number of amides is 1. The van der Waals surface area contributed by atoms with Gasteiger partial charge in [0.15, 0.2) is 0 Å². The van der Waals surface area contributed by atoms with Crippen molar-refractivity contribution in [3.8, 4) is 0 Å². The third-order valence-corrected chi connectivity index (χ3v) is 3.69. The van der Waals surface area contributed by atoms with E-state index < -0.39 is 0 Å². The number of hydrogen-bond acceptors (Lipinski definition) is 2. The van der Waals surface area contributed by atoms with Crippen LogP contribution in [0.1, 0.15) is 28.4 Å². The molecule has 2 aromatic carbocycles. The average molecular weight is 297 g/mol. The zero-order valence-electron chi connectivity index (χ0n) is 13.3. The van der Waals surface area contributed by atoms with Gasteiger partial charge in [-0.05, 0) is 36.6 Å². The van der Waals surface area contributed by atoms with Crippen LogP contribution in [0, 0.1) is 0 Å². The Morgan fingerprint density at radius 3 is 2.27 bits per heavy atom. The van der Waals surface area contributed by atoms with E-state index in [1.54, 1.807) is 7.11 Å². The molecule has 0 N–H and O–H groups in total. The van der Waals surface area contributed by atoms with Crippen LogP contribution in [0.15, 0.2) is 54.6 Å². The van der Waals surface area contributed by atoms with E-state index in [2.05, 4.69) is 12.1 Å². The third kappa shape index (κ3) is 4.43. The summed E-state index contributed by atoms with van der Waals surface area (Å²) in [4.78, 5) is 14.4. The first kappa shape index (κ1) is 16.2. The SMILES string of the molecule is CCN(CCc1ccccc1)C(=O)c1ccc(COC)cc1. The molecule has 3 nitrogen and oxygen atoms in total. The van der Waals surface area contributed by atoms with Crippen molar-refractivity contribution in [2.75, 3.05) is 20.2 Å². The largest absolute Gasteiger partial charge is 0.380 e. The Balaban J connectivity index is 1.98. The lowest BCUT2D eigenvalue weighted by atomic mass is 10.1. The Hall–Kier alpha value is -2.13. The summed E-state index contributed by atoms with van der Waals surface area (Å²) in [6, 6.07) is 17.9. The summed E-state index contributed by atoms with van der Waals surface area (Å²) in [6.07, 6.45) is 0.877. The third-order valence-electron chi connectivity index (χ3n) is 3.69. The van der Waals surface area contributed by atoms with E-state index in [1.807, 2.05) is 54.3 Å². The Morgan fingerprint density at radius 1 is 1.00 bits per heavy atom.